The van der Waals surface area contributed by atoms with E-state index in [2.05, 4.69) is 121 Å². The van der Waals surface area contributed by atoms with Gasteiger partial charge in [0.15, 0.2) is 5.82 Å². The summed E-state index contributed by atoms with van der Waals surface area (Å²) in [7, 11) is 0. The topological polar surface area (TPSA) is 25.8 Å². The summed E-state index contributed by atoms with van der Waals surface area (Å²) < 4.78 is 0. The van der Waals surface area contributed by atoms with Gasteiger partial charge in [0.25, 0.3) is 0 Å². The van der Waals surface area contributed by atoms with E-state index >= 15 is 0 Å². The molecule has 196 valence electrons. The predicted molar refractivity (Wildman–Crippen MR) is 176 cm³/mol. The highest BCUT2D eigenvalue weighted by molar-refractivity contribution is 6.25. The molecule has 8 rings (SSSR count). The normalized spacial score (nSPS) is 11.3. The van der Waals surface area contributed by atoms with E-state index < -0.39 is 0 Å². The fourth-order valence-corrected chi connectivity index (χ4v) is 6.01. The van der Waals surface area contributed by atoms with Crippen LogP contribution in [0.1, 0.15) is 0 Å². The van der Waals surface area contributed by atoms with Crippen LogP contribution >= 0.6 is 0 Å². The molecule has 2 nitrogen and oxygen atoms in total. The minimum Gasteiger partial charge on any atom is -0.228 e. The maximum atomic E-state index is 5.05. The molecule has 42 heavy (non-hydrogen) atoms. The van der Waals surface area contributed by atoms with Gasteiger partial charge in [-0.2, -0.15) is 0 Å². The number of aromatic nitrogens is 2. The molecule has 0 aliphatic rings. The van der Waals surface area contributed by atoms with Gasteiger partial charge >= 0.3 is 0 Å². The first-order chi connectivity index (χ1) is 20.8. The van der Waals surface area contributed by atoms with Gasteiger partial charge in [-0.1, -0.05) is 140 Å². The third-order valence-corrected chi connectivity index (χ3v) is 8.06. The summed E-state index contributed by atoms with van der Waals surface area (Å²) in [4.78, 5) is 10.1. The van der Waals surface area contributed by atoms with E-state index in [-0.39, 0.29) is 0 Å². The Labute approximate surface area is 244 Å². The molecular formula is C40H26N2. The molecule has 0 bridgehead atoms. The minimum atomic E-state index is 0.717. The lowest BCUT2D eigenvalue weighted by Crippen LogP contribution is -1.96. The molecule has 0 unspecified atom stereocenters. The monoisotopic (exact) mass is 534 g/mol. The third-order valence-electron chi connectivity index (χ3n) is 8.06. The first-order valence-electron chi connectivity index (χ1n) is 14.3. The molecule has 1 aromatic heterocycles. The second-order valence-electron chi connectivity index (χ2n) is 10.6. The lowest BCUT2D eigenvalue weighted by molar-refractivity contribution is 1.18. The van der Waals surface area contributed by atoms with Crippen molar-refractivity contribution in [3.05, 3.63) is 158 Å². The first-order valence-corrected chi connectivity index (χ1v) is 14.3. The number of fused-ring (bicyclic) bond motifs is 6. The maximum absolute atomic E-state index is 5.05. The van der Waals surface area contributed by atoms with Gasteiger partial charge in [-0.15, -0.1) is 0 Å². The number of nitrogens with zero attached hydrogens (tertiary/aromatic N) is 2. The minimum absolute atomic E-state index is 0.717. The Morgan fingerprint density at radius 2 is 0.690 bits per heavy atom. The van der Waals surface area contributed by atoms with Crippen molar-refractivity contribution in [3.63, 3.8) is 0 Å². The van der Waals surface area contributed by atoms with Gasteiger partial charge in [-0.3, -0.25) is 0 Å². The van der Waals surface area contributed by atoms with Crippen LogP contribution in [-0.2, 0) is 0 Å². The third kappa shape index (κ3) is 4.22. The van der Waals surface area contributed by atoms with Crippen molar-refractivity contribution < 1.29 is 0 Å². The molecule has 7 aromatic carbocycles. The molecule has 0 aliphatic heterocycles. The fraction of sp³-hybridized carbons (Fsp3) is 0. The number of hydrogen-bond donors (Lipinski definition) is 0. The molecule has 0 fully saturated rings. The van der Waals surface area contributed by atoms with Gasteiger partial charge < -0.3 is 0 Å². The van der Waals surface area contributed by atoms with Crippen molar-refractivity contribution in [2.24, 2.45) is 0 Å². The molecule has 1 heterocycles. The lowest BCUT2D eigenvalue weighted by Gasteiger charge is -2.13. The van der Waals surface area contributed by atoms with Crippen LogP contribution in [0.25, 0.3) is 77.3 Å². The van der Waals surface area contributed by atoms with Gasteiger partial charge in [-0.25, -0.2) is 9.97 Å². The molecule has 0 saturated heterocycles. The Bertz CT molecular complexity index is 2140. The van der Waals surface area contributed by atoms with Crippen LogP contribution in [0.4, 0.5) is 0 Å². The van der Waals surface area contributed by atoms with Gasteiger partial charge in [0.2, 0.25) is 0 Å². The standard InChI is InChI=1S/C40H26N2/c1-3-12-27(13-4-1)38-26-39(28-14-5-2-6-15-28)42-40(41-38)31-17-11-16-29(24-31)30-22-23-36-34-20-8-7-18-32(34)33-19-9-10-21-35(33)37(36)25-30/h1-26H. The quantitative estimate of drug-likeness (QED) is 0.210. The fourth-order valence-electron chi connectivity index (χ4n) is 6.01. The second-order valence-corrected chi connectivity index (χ2v) is 10.6. The number of hydrogen-bond acceptors (Lipinski definition) is 2. The van der Waals surface area contributed by atoms with Crippen LogP contribution in [0.3, 0.4) is 0 Å². The molecule has 0 saturated carbocycles. The Morgan fingerprint density at radius 1 is 0.262 bits per heavy atom. The van der Waals surface area contributed by atoms with Crippen molar-refractivity contribution in [1.82, 2.24) is 9.97 Å². The van der Waals surface area contributed by atoms with E-state index in [1.807, 2.05) is 36.4 Å². The van der Waals surface area contributed by atoms with Crippen LogP contribution in [0.5, 0.6) is 0 Å². The second kappa shape index (κ2) is 10.1. The molecule has 0 spiro atoms. The smallest absolute Gasteiger partial charge is 0.160 e. The zero-order chi connectivity index (χ0) is 27.9. The van der Waals surface area contributed by atoms with Gasteiger partial charge in [0.1, 0.15) is 0 Å². The highest BCUT2D eigenvalue weighted by atomic mass is 14.9. The van der Waals surface area contributed by atoms with Crippen LogP contribution in [-0.4, -0.2) is 9.97 Å². The molecule has 0 N–H and O–H groups in total. The zero-order valence-corrected chi connectivity index (χ0v) is 22.9. The van der Waals surface area contributed by atoms with Crippen LogP contribution in [0.15, 0.2) is 158 Å². The van der Waals surface area contributed by atoms with Crippen molar-refractivity contribution in [2.45, 2.75) is 0 Å². The van der Waals surface area contributed by atoms with Crippen molar-refractivity contribution in [1.29, 1.82) is 0 Å². The molecule has 0 amide bonds. The van der Waals surface area contributed by atoms with Crippen molar-refractivity contribution in [2.75, 3.05) is 0 Å². The number of rotatable bonds is 4. The predicted octanol–water partition coefficient (Wildman–Crippen LogP) is 10.6. The SMILES string of the molecule is c1ccc(-c2cc(-c3ccccc3)nc(-c3cccc(-c4ccc5c6ccccc6c6ccccc6c5c4)c3)n2)cc1. The summed E-state index contributed by atoms with van der Waals surface area (Å²) in [5.41, 5.74) is 7.27. The van der Waals surface area contributed by atoms with Crippen LogP contribution in [0, 0.1) is 0 Å². The molecule has 0 aliphatic carbocycles. The van der Waals surface area contributed by atoms with E-state index in [1.165, 1.54) is 37.9 Å². The van der Waals surface area contributed by atoms with E-state index in [4.69, 9.17) is 9.97 Å². The van der Waals surface area contributed by atoms with Gasteiger partial charge in [-0.05, 0) is 61.6 Å². The van der Waals surface area contributed by atoms with Crippen molar-refractivity contribution >= 4 is 32.3 Å². The average Bonchev–Trinajstić information content (AvgIpc) is 3.09. The highest BCUT2D eigenvalue weighted by Crippen LogP contribution is 2.37. The number of benzene rings is 7. The van der Waals surface area contributed by atoms with Crippen LogP contribution in [0.2, 0.25) is 0 Å². The van der Waals surface area contributed by atoms with E-state index in [0.29, 0.717) is 5.82 Å². The summed E-state index contributed by atoms with van der Waals surface area (Å²) >= 11 is 0. The van der Waals surface area contributed by atoms with E-state index in [0.717, 1.165) is 33.6 Å². The maximum Gasteiger partial charge on any atom is 0.160 e. The Morgan fingerprint density at radius 3 is 1.26 bits per heavy atom. The molecular weight excluding hydrogens is 508 g/mol. The summed E-state index contributed by atoms with van der Waals surface area (Å²) in [5.74, 6) is 0.717. The highest BCUT2D eigenvalue weighted by Gasteiger charge is 2.13. The summed E-state index contributed by atoms with van der Waals surface area (Å²) in [6, 6.07) is 55.6. The Balaban J connectivity index is 1.29. The first kappa shape index (κ1) is 24.2. The summed E-state index contributed by atoms with van der Waals surface area (Å²) in [6.07, 6.45) is 0. The Hall–Kier alpha value is -5.60. The summed E-state index contributed by atoms with van der Waals surface area (Å²) in [6.45, 7) is 0. The lowest BCUT2D eigenvalue weighted by atomic mass is 9.92. The molecule has 8 aromatic rings. The summed E-state index contributed by atoms with van der Waals surface area (Å²) in [5, 5.41) is 7.67. The molecule has 0 radical (unpaired) electrons. The zero-order valence-electron chi connectivity index (χ0n) is 22.9. The average molecular weight is 535 g/mol. The van der Waals surface area contributed by atoms with Gasteiger partial charge in [0, 0.05) is 16.7 Å². The van der Waals surface area contributed by atoms with Crippen LogP contribution < -0.4 is 0 Å². The Kier molecular flexibility index (Phi) is 5.82. The van der Waals surface area contributed by atoms with Gasteiger partial charge in [0.05, 0.1) is 11.4 Å². The molecule has 0 atom stereocenters. The molecule has 2 heteroatoms. The largest absolute Gasteiger partial charge is 0.228 e. The van der Waals surface area contributed by atoms with E-state index in [9.17, 15) is 0 Å². The van der Waals surface area contributed by atoms with E-state index in [1.54, 1.807) is 0 Å². The van der Waals surface area contributed by atoms with Crippen molar-refractivity contribution in [3.8, 4) is 45.0 Å².